The van der Waals surface area contributed by atoms with E-state index in [1.165, 1.54) is 10.8 Å². The van der Waals surface area contributed by atoms with Crippen LogP contribution in [0, 0.1) is 6.92 Å². The molecule has 0 atom stereocenters. The van der Waals surface area contributed by atoms with Crippen LogP contribution in [0.2, 0.25) is 0 Å². The lowest BCUT2D eigenvalue weighted by Crippen LogP contribution is -2.36. The number of anilines is 1. The predicted octanol–water partition coefficient (Wildman–Crippen LogP) is 2.61. The van der Waals surface area contributed by atoms with Crippen molar-refractivity contribution in [2.75, 3.05) is 11.9 Å². The highest BCUT2D eigenvalue weighted by Crippen LogP contribution is 2.16. The van der Waals surface area contributed by atoms with E-state index in [1.54, 1.807) is 25.1 Å². The standard InChI is InChI=1S/C22H22N4O3/c1-3-23-21(28)18-13-24-20(16-9-5-4-6-10-16)26(22(18)29)14-19(27)25-17-11-7-8-15(2)12-17/h4-13H,3,14H2,1-2H3,(H,23,28)(H,25,27). The Balaban J connectivity index is 1.99. The maximum atomic E-state index is 13.0. The molecule has 0 bridgehead atoms. The average molecular weight is 390 g/mol. The first-order valence-corrected chi connectivity index (χ1v) is 9.29. The van der Waals surface area contributed by atoms with Gasteiger partial charge in [-0.3, -0.25) is 19.0 Å². The molecule has 0 fully saturated rings. The Kier molecular flexibility index (Phi) is 6.19. The lowest BCUT2D eigenvalue weighted by Gasteiger charge is -2.14. The third kappa shape index (κ3) is 4.76. The highest BCUT2D eigenvalue weighted by atomic mass is 16.2. The van der Waals surface area contributed by atoms with Crippen LogP contribution >= 0.6 is 0 Å². The molecule has 7 nitrogen and oxygen atoms in total. The first kappa shape index (κ1) is 20.0. The topological polar surface area (TPSA) is 93.1 Å². The molecule has 29 heavy (non-hydrogen) atoms. The van der Waals surface area contributed by atoms with Crippen molar-refractivity contribution in [3.63, 3.8) is 0 Å². The lowest BCUT2D eigenvalue weighted by molar-refractivity contribution is -0.116. The van der Waals surface area contributed by atoms with E-state index in [0.717, 1.165) is 5.56 Å². The molecule has 0 aliphatic carbocycles. The number of carbonyl (C=O) groups is 2. The summed E-state index contributed by atoms with van der Waals surface area (Å²) in [6.45, 7) is 3.80. The first-order chi connectivity index (χ1) is 14.0. The molecule has 2 amide bonds. The molecule has 0 radical (unpaired) electrons. The molecule has 2 aromatic carbocycles. The fraction of sp³-hybridized carbons (Fsp3) is 0.182. The summed E-state index contributed by atoms with van der Waals surface area (Å²) in [7, 11) is 0. The van der Waals surface area contributed by atoms with Gasteiger partial charge in [-0.1, -0.05) is 42.5 Å². The summed E-state index contributed by atoms with van der Waals surface area (Å²) >= 11 is 0. The summed E-state index contributed by atoms with van der Waals surface area (Å²) in [5, 5.41) is 5.38. The molecule has 0 aliphatic rings. The molecule has 148 valence electrons. The van der Waals surface area contributed by atoms with Gasteiger partial charge in [-0.25, -0.2) is 4.98 Å². The van der Waals surface area contributed by atoms with Crippen molar-refractivity contribution >= 4 is 17.5 Å². The number of benzene rings is 2. The molecule has 0 saturated heterocycles. The number of nitrogens with zero attached hydrogens (tertiary/aromatic N) is 2. The summed E-state index contributed by atoms with van der Waals surface area (Å²) < 4.78 is 1.23. The third-order valence-electron chi connectivity index (χ3n) is 4.26. The molecule has 0 spiro atoms. The minimum atomic E-state index is -0.566. The molecule has 1 heterocycles. The summed E-state index contributed by atoms with van der Waals surface area (Å²) in [5.41, 5.74) is 1.65. The molecule has 3 rings (SSSR count). The number of amides is 2. The third-order valence-corrected chi connectivity index (χ3v) is 4.26. The van der Waals surface area contributed by atoms with Crippen molar-refractivity contribution in [1.82, 2.24) is 14.9 Å². The van der Waals surface area contributed by atoms with Crippen LogP contribution in [-0.2, 0) is 11.3 Å². The van der Waals surface area contributed by atoms with E-state index in [2.05, 4.69) is 15.6 Å². The number of aryl methyl sites for hydroxylation is 1. The zero-order valence-electron chi connectivity index (χ0n) is 16.3. The molecule has 0 aliphatic heterocycles. The van der Waals surface area contributed by atoms with Crippen LogP contribution in [0.3, 0.4) is 0 Å². The maximum absolute atomic E-state index is 13.0. The van der Waals surface area contributed by atoms with E-state index in [9.17, 15) is 14.4 Å². The van der Waals surface area contributed by atoms with E-state index >= 15 is 0 Å². The van der Waals surface area contributed by atoms with Gasteiger partial charge in [0.25, 0.3) is 11.5 Å². The largest absolute Gasteiger partial charge is 0.352 e. The van der Waals surface area contributed by atoms with E-state index in [4.69, 9.17) is 0 Å². The summed E-state index contributed by atoms with van der Waals surface area (Å²) in [4.78, 5) is 42.2. The Morgan fingerprint density at radius 2 is 1.83 bits per heavy atom. The van der Waals surface area contributed by atoms with Gasteiger partial charge in [0, 0.05) is 24.0 Å². The number of hydrogen-bond acceptors (Lipinski definition) is 4. The van der Waals surface area contributed by atoms with Gasteiger partial charge in [0.05, 0.1) is 0 Å². The van der Waals surface area contributed by atoms with E-state index < -0.39 is 11.5 Å². The van der Waals surface area contributed by atoms with Crippen molar-refractivity contribution < 1.29 is 9.59 Å². The van der Waals surface area contributed by atoms with Gasteiger partial charge < -0.3 is 10.6 Å². The Bertz CT molecular complexity index is 1090. The van der Waals surface area contributed by atoms with Crippen LogP contribution in [0.1, 0.15) is 22.8 Å². The Morgan fingerprint density at radius 3 is 2.52 bits per heavy atom. The van der Waals surface area contributed by atoms with Crippen LogP contribution in [0.4, 0.5) is 5.69 Å². The van der Waals surface area contributed by atoms with Crippen molar-refractivity contribution in [2.45, 2.75) is 20.4 Å². The first-order valence-electron chi connectivity index (χ1n) is 9.29. The monoisotopic (exact) mass is 390 g/mol. The molecular formula is C22H22N4O3. The Labute approximate surface area is 168 Å². The summed E-state index contributed by atoms with van der Waals surface area (Å²) in [5.74, 6) is -0.578. The highest BCUT2D eigenvalue weighted by molar-refractivity contribution is 5.94. The Morgan fingerprint density at radius 1 is 1.07 bits per heavy atom. The van der Waals surface area contributed by atoms with Crippen LogP contribution in [-0.4, -0.2) is 27.9 Å². The van der Waals surface area contributed by atoms with Crippen LogP contribution in [0.25, 0.3) is 11.4 Å². The second-order valence-electron chi connectivity index (χ2n) is 6.53. The Hall–Kier alpha value is -3.74. The quantitative estimate of drug-likeness (QED) is 0.677. The van der Waals surface area contributed by atoms with Gasteiger partial charge in [-0.15, -0.1) is 0 Å². The molecule has 0 saturated carbocycles. The maximum Gasteiger partial charge on any atom is 0.267 e. The van der Waals surface area contributed by atoms with Crippen molar-refractivity contribution in [3.8, 4) is 11.4 Å². The molecular weight excluding hydrogens is 368 g/mol. The molecule has 0 unspecified atom stereocenters. The van der Waals surface area contributed by atoms with Crippen LogP contribution < -0.4 is 16.2 Å². The SMILES string of the molecule is CCNC(=O)c1cnc(-c2ccccc2)n(CC(=O)Nc2cccc(C)c2)c1=O. The smallest absolute Gasteiger partial charge is 0.267 e. The number of carbonyl (C=O) groups excluding carboxylic acids is 2. The zero-order chi connectivity index (χ0) is 20.8. The second kappa shape index (κ2) is 8.97. The highest BCUT2D eigenvalue weighted by Gasteiger charge is 2.18. The van der Waals surface area contributed by atoms with E-state index in [-0.39, 0.29) is 18.0 Å². The normalized spacial score (nSPS) is 10.4. The number of rotatable bonds is 6. The van der Waals surface area contributed by atoms with Crippen LogP contribution in [0.5, 0.6) is 0 Å². The van der Waals surface area contributed by atoms with Gasteiger partial charge in [-0.05, 0) is 31.5 Å². The second-order valence-corrected chi connectivity index (χ2v) is 6.53. The fourth-order valence-electron chi connectivity index (χ4n) is 2.93. The van der Waals surface area contributed by atoms with Gasteiger partial charge in [0.1, 0.15) is 17.9 Å². The fourth-order valence-corrected chi connectivity index (χ4v) is 2.93. The van der Waals surface area contributed by atoms with Crippen LogP contribution in [0.15, 0.2) is 65.6 Å². The predicted molar refractivity (Wildman–Crippen MR) is 112 cm³/mol. The lowest BCUT2D eigenvalue weighted by atomic mass is 10.2. The summed E-state index contributed by atoms with van der Waals surface area (Å²) in [6.07, 6.45) is 1.25. The average Bonchev–Trinajstić information content (AvgIpc) is 2.70. The minimum Gasteiger partial charge on any atom is -0.352 e. The van der Waals surface area contributed by atoms with Gasteiger partial charge in [-0.2, -0.15) is 0 Å². The zero-order valence-corrected chi connectivity index (χ0v) is 16.3. The molecule has 3 aromatic rings. The molecule has 1 aromatic heterocycles. The van der Waals surface area contributed by atoms with Crippen molar-refractivity contribution in [1.29, 1.82) is 0 Å². The van der Waals surface area contributed by atoms with E-state index in [0.29, 0.717) is 23.6 Å². The van der Waals surface area contributed by atoms with Crippen molar-refractivity contribution in [3.05, 3.63) is 82.3 Å². The minimum absolute atomic E-state index is 0.102. The number of aromatic nitrogens is 2. The van der Waals surface area contributed by atoms with Gasteiger partial charge in [0.15, 0.2) is 0 Å². The van der Waals surface area contributed by atoms with Gasteiger partial charge in [0.2, 0.25) is 5.91 Å². The summed E-state index contributed by atoms with van der Waals surface area (Å²) in [6, 6.07) is 16.4. The molecule has 7 heteroatoms. The number of nitrogens with one attached hydrogen (secondary N) is 2. The molecule has 2 N–H and O–H groups in total. The van der Waals surface area contributed by atoms with Gasteiger partial charge >= 0.3 is 0 Å². The van der Waals surface area contributed by atoms with E-state index in [1.807, 2.05) is 43.3 Å². The van der Waals surface area contributed by atoms with Crippen molar-refractivity contribution in [2.24, 2.45) is 0 Å². The number of hydrogen-bond donors (Lipinski definition) is 2.